The van der Waals surface area contributed by atoms with E-state index < -0.39 is 37.1 Å². The molecule has 6 N–H and O–H groups in total. The van der Waals surface area contributed by atoms with E-state index in [1.54, 1.807) is 0 Å². The highest BCUT2D eigenvalue weighted by Gasteiger charge is 2.44. The maximum absolute atomic E-state index is 10.8. The van der Waals surface area contributed by atoms with Gasteiger partial charge in [0.15, 0.2) is 6.23 Å². The molecule has 0 aliphatic carbocycles. The SMILES string of the molecule is Nc1ncnc2c1c(/C=C/C(=O)O)cn2[C@@H]1O[C@H](CO)[C@@H](O)[C@H]1O. The van der Waals surface area contributed by atoms with E-state index in [1.807, 2.05) is 0 Å². The van der Waals surface area contributed by atoms with Gasteiger partial charge >= 0.3 is 5.97 Å². The maximum Gasteiger partial charge on any atom is 0.328 e. The van der Waals surface area contributed by atoms with E-state index in [9.17, 15) is 20.1 Å². The van der Waals surface area contributed by atoms with E-state index in [-0.39, 0.29) is 5.82 Å². The number of aliphatic hydroxyl groups excluding tert-OH is 3. The quantitative estimate of drug-likeness (QED) is 0.428. The fraction of sp³-hybridized carbons (Fsp3) is 0.357. The van der Waals surface area contributed by atoms with Crippen molar-refractivity contribution in [2.75, 3.05) is 12.3 Å². The minimum Gasteiger partial charge on any atom is -0.478 e. The molecule has 2 aromatic rings. The molecule has 0 bridgehead atoms. The number of carboxylic acids is 1. The van der Waals surface area contributed by atoms with Gasteiger partial charge in [-0.2, -0.15) is 0 Å². The van der Waals surface area contributed by atoms with Crippen LogP contribution in [-0.4, -0.2) is 65.8 Å². The van der Waals surface area contributed by atoms with Crippen LogP contribution in [0.3, 0.4) is 0 Å². The van der Waals surface area contributed by atoms with Crippen LogP contribution in [0.5, 0.6) is 0 Å². The Hall–Kier alpha value is -2.53. The molecule has 10 nitrogen and oxygen atoms in total. The summed E-state index contributed by atoms with van der Waals surface area (Å²) in [7, 11) is 0. The highest BCUT2D eigenvalue weighted by atomic mass is 16.6. The van der Waals surface area contributed by atoms with Gasteiger partial charge in [-0.1, -0.05) is 0 Å². The molecule has 2 aromatic heterocycles. The number of rotatable bonds is 4. The van der Waals surface area contributed by atoms with Crippen LogP contribution in [0.4, 0.5) is 5.82 Å². The first-order chi connectivity index (χ1) is 11.4. The summed E-state index contributed by atoms with van der Waals surface area (Å²) in [6.07, 6.45) is 0.446. The lowest BCUT2D eigenvalue weighted by molar-refractivity contribution is -0.131. The Morgan fingerprint density at radius 1 is 1.38 bits per heavy atom. The van der Waals surface area contributed by atoms with Crippen molar-refractivity contribution in [3.05, 3.63) is 24.2 Å². The number of nitrogens with zero attached hydrogens (tertiary/aromatic N) is 3. The van der Waals surface area contributed by atoms with Gasteiger partial charge in [-0.3, -0.25) is 0 Å². The highest BCUT2D eigenvalue weighted by molar-refractivity contribution is 5.97. The van der Waals surface area contributed by atoms with Gasteiger partial charge in [-0.15, -0.1) is 0 Å². The number of nitrogen functional groups attached to an aromatic ring is 1. The Kier molecular flexibility index (Phi) is 4.20. The third-order valence-electron chi connectivity index (χ3n) is 3.86. The Bertz CT molecular complexity index is 804. The van der Waals surface area contributed by atoms with Gasteiger partial charge < -0.3 is 35.5 Å². The summed E-state index contributed by atoms with van der Waals surface area (Å²) >= 11 is 0. The molecule has 1 aliphatic heterocycles. The van der Waals surface area contributed by atoms with Crippen LogP contribution in [0, 0.1) is 0 Å². The molecule has 10 heteroatoms. The van der Waals surface area contributed by atoms with E-state index in [4.69, 9.17) is 15.6 Å². The molecule has 0 amide bonds. The molecule has 1 fully saturated rings. The third kappa shape index (κ3) is 2.61. The van der Waals surface area contributed by atoms with Crippen LogP contribution in [0.15, 0.2) is 18.6 Å². The van der Waals surface area contributed by atoms with Crippen LogP contribution < -0.4 is 5.73 Å². The molecule has 1 aliphatic rings. The predicted molar refractivity (Wildman–Crippen MR) is 81.6 cm³/mol. The Labute approximate surface area is 135 Å². The minimum absolute atomic E-state index is 0.135. The number of aromatic nitrogens is 3. The number of nitrogens with two attached hydrogens (primary N) is 1. The number of anilines is 1. The van der Waals surface area contributed by atoms with Crippen LogP contribution in [0.1, 0.15) is 11.8 Å². The van der Waals surface area contributed by atoms with Gasteiger partial charge in [0, 0.05) is 17.8 Å². The fourth-order valence-corrected chi connectivity index (χ4v) is 2.73. The van der Waals surface area contributed by atoms with Crippen LogP contribution >= 0.6 is 0 Å². The zero-order chi connectivity index (χ0) is 17.4. The van der Waals surface area contributed by atoms with Gasteiger partial charge in [-0.25, -0.2) is 14.8 Å². The summed E-state index contributed by atoms with van der Waals surface area (Å²) in [6, 6.07) is 0. The average molecular weight is 336 g/mol. The summed E-state index contributed by atoms with van der Waals surface area (Å²) in [5, 5.41) is 38.5. The van der Waals surface area contributed by atoms with Gasteiger partial charge in [0.1, 0.15) is 36.1 Å². The summed E-state index contributed by atoms with van der Waals surface area (Å²) in [5.41, 5.74) is 6.58. The number of aliphatic carboxylic acids is 1. The van der Waals surface area contributed by atoms with Crippen molar-refractivity contribution in [2.24, 2.45) is 0 Å². The average Bonchev–Trinajstić information content (AvgIpc) is 3.05. The number of carboxylic acid groups (broad SMARTS) is 1. The second-order valence-electron chi connectivity index (χ2n) is 5.35. The molecule has 3 rings (SSSR count). The van der Waals surface area contributed by atoms with Gasteiger partial charge in [0.25, 0.3) is 0 Å². The lowest BCUT2D eigenvalue weighted by atomic mass is 10.1. The number of ether oxygens (including phenoxy) is 1. The van der Waals surface area contributed by atoms with Crippen molar-refractivity contribution in [1.82, 2.24) is 14.5 Å². The molecule has 24 heavy (non-hydrogen) atoms. The summed E-state index contributed by atoms with van der Waals surface area (Å²) in [4.78, 5) is 18.7. The number of fused-ring (bicyclic) bond motifs is 1. The zero-order valence-electron chi connectivity index (χ0n) is 12.4. The molecule has 0 unspecified atom stereocenters. The minimum atomic E-state index is -1.30. The van der Waals surface area contributed by atoms with Crippen molar-refractivity contribution in [3.8, 4) is 0 Å². The van der Waals surface area contributed by atoms with E-state index in [0.717, 1.165) is 6.08 Å². The maximum atomic E-state index is 10.8. The van der Waals surface area contributed by atoms with E-state index in [1.165, 1.54) is 23.2 Å². The van der Waals surface area contributed by atoms with Crippen molar-refractivity contribution in [2.45, 2.75) is 24.5 Å². The molecule has 1 saturated heterocycles. The van der Waals surface area contributed by atoms with Gasteiger partial charge in [0.05, 0.1) is 12.0 Å². The van der Waals surface area contributed by atoms with Gasteiger partial charge in [-0.05, 0) is 6.08 Å². The fourth-order valence-electron chi connectivity index (χ4n) is 2.73. The van der Waals surface area contributed by atoms with Crippen LogP contribution in [0.2, 0.25) is 0 Å². The Morgan fingerprint density at radius 3 is 2.75 bits per heavy atom. The molecular weight excluding hydrogens is 320 g/mol. The molecule has 128 valence electrons. The largest absolute Gasteiger partial charge is 0.478 e. The first-order valence-corrected chi connectivity index (χ1v) is 7.08. The number of aliphatic hydroxyl groups is 3. The van der Waals surface area contributed by atoms with E-state index in [2.05, 4.69) is 9.97 Å². The molecule has 0 aromatic carbocycles. The molecule has 3 heterocycles. The number of hydrogen-bond acceptors (Lipinski definition) is 8. The van der Waals surface area contributed by atoms with Crippen molar-refractivity contribution in [3.63, 3.8) is 0 Å². The van der Waals surface area contributed by atoms with E-state index in [0.29, 0.717) is 16.6 Å². The second kappa shape index (κ2) is 6.17. The topological polar surface area (TPSA) is 164 Å². The molecule has 4 atom stereocenters. The lowest BCUT2D eigenvalue weighted by Crippen LogP contribution is -2.33. The number of carbonyl (C=O) groups is 1. The summed E-state index contributed by atoms with van der Waals surface area (Å²) < 4.78 is 6.91. The first-order valence-electron chi connectivity index (χ1n) is 7.08. The van der Waals surface area contributed by atoms with E-state index >= 15 is 0 Å². The highest BCUT2D eigenvalue weighted by Crippen LogP contribution is 2.34. The molecule has 0 radical (unpaired) electrons. The molecule has 0 spiro atoms. The van der Waals surface area contributed by atoms with Crippen LogP contribution in [0.25, 0.3) is 17.1 Å². The van der Waals surface area contributed by atoms with Crippen molar-refractivity contribution < 1.29 is 30.0 Å². The first kappa shape index (κ1) is 16.3. The monoisotopic (exact) mass is 336 g/mol. The lowest BCUT2D eigenvalue weighted by Gasteiger charge is -2.17. The molecule has 0 saturated carbocycles. The Morgan fingerprint density at radius 2 is 2.12 bits per heavy atom. The van der Waals surface area contributed by atoms with Gasteiger partial charge in [0.2, 0.25) is 0 Å². The Balaban J connectivity index is 2.12. The summed E-state index contributed by atoms with van der Waals surface area (Å²) in [6.45, 7) is -0.461. The smallest absolute Gasteiger partial charge is 0.328 e. The van der Waals surface area contributed by atoms with Crippen LogP contribution in [-0.2, 0) is 9.53 Å². The zero-order valence-corrected chi connectivity index (χ0v) is 12.4. The summed E-state index contributed by atoms with van der Waals surface area (Å²) in [5.74, 6) is -1.00. The van der Waals surface area contributed by atoms with Crippen molar-refractivity contribution >= 4 is 28.9 Å². The standard InChI is InChI=1S/C14H16N4O6/c15-12-9-6(1-2-8(20)21)3-18(13(9)17-5-16-12)14-11(23)10(22)7(4-19)24-14/h1-3,5,7,10-11,14,19,22-23H,4H2,(H,20,21)(H2,15,16,17)/b2-1+/t7-,10-,11-,14-/m1/s1. The number of hydrogen-bond donors (Lipinski definition) is 5. The predicted octanol–water partition coefficient (Wildman–Crippen LogP) is -1.28. The third-order valence-corrected chi connectivity index (χ3v) is 3.86. The normalized spacial score (nSPS) is 27.3. The molecular formula is C14H16N4O6. The second-order valence-corrected chi connectivity index (χ2v) is 5.35. The van der Waals surface area contributed by atoms with Crippen molar-refractivity contribution in [1.29, 1.82) is 0 Å².